The molecule has 1 N–H and O–H groups in total. The van der Waals surface area contributed by atoms with Crippen LogP contribution in [0.25, 0.3) is 0 Å². The molecule has 2 aromatic carbocycles. The molecule has 2 bridgehead atoms. The van der Waals surface area contributed by atoms with Gasteiger partial charge in [0.25, 0.3) is 0 Å². The van der Waals surface area contributed by atoms with E-state index >= 15 is 0 Å². The smallest absolute Gasteiger partial charge is 0.132 e. The summed E-state index contributed by atoms with van der Waals surface area (Å²) in [5.41, 5.74) is 0. The number of hydrogen-bond donors (Lipinski definition) is 1. The molecule has 0 aliphatic carbocycles. The second kappa shape index (κ2) is 6.42. The Morgan fingerprint density at radius 3 is 2.30 bits per heavy atom. The first-order valence-corrected chi connectivity index (χ1v) is 8.58. The third kappa shape index (κ3) is 3.62. The van der Waals surface area contributed by atoms with E-state index in [-0.39, 0.29) is 6.10 Å². The van der Waals surface area contributed by atoms with Crippen LogP contribution in [-0.4, -0.2) is 18.2 Å². The van der Waals surface area contributed by atoms with Crippen LogP contribution in [0.3, 0.4) is 0 Å². The van der Waals surface area contributed by atoms with Crippen LogP contribution < -0.4 is 14.8 Å². The van der Waals surface area contributed by atoms with Crippen molar-refractivity contribution in [3.05, 3.63) is 53.6 Å². The van der Waals surface area contributed by atoms with E-state index in [0.717, 1.165) is 24.3 Å². The van der Waals surface area contributed by atoms with E-state index in [4.69, 9.17) is 21.1 Å². The lowest BCUT2D eigenvalue weighted by molar-refractivity contribution is 0.137. The molecular weight excluding hydrogens is 310 g/mol. The van der Waals surface area contributed by atoms with Crippen molar-refractivity contribution < 1.29 is 9.47 Å². The Hall–Kier alpha value is -1.71. The summed E-state index contributed by atoms with van der Waals surface area (Å²) in [5, 5.41) is 4.26. The first-order valence-electron chi connectivity index (χ1n) is 8.21. The highest BCUT2D eigenvalue weighted by molar-refractivity contribution is 6.30. The van der Waals surface area contributed by atoms with Gasteiger partial charge in [0.15, 0.2) is 0 Å². The van der Waals surface area contributed by atoms with E-state index in [0.29, 0.717) is 22.9 Å². The summed E-state index contributed by atoms with van der Waals surface area (Å²) in [7, 11) is 0. The van der Waals surface area contributed by atoms with Gasteiger partial charge in [0, 0.05) is 23.2 Å². The fourth-order valence-corrected chi connectivity index (χ4v) is 3.80. The Morgan fingerprint density at radius 1 is 0.870 bits per heavy atom. The Morgan fingerprint density at radius 2 is 1.57 bits per heavy atom. The molecule has 3 nitrogen and oxygen atoms in total. The van der Waals surface area contributed by atoms with Crippen LogP contribution in [0.5, 0.6) is 17.2 Å². The molecule has 4 rings (SSSR count). The molecule has 2 saturated heterocycles. The molecule has 2 aliphatic heterocycles. The lowest BCUT2D eigenvalue weighted by Gasteiger charge is -2.29. The summed E-state index contributed by atoms with van der Waals surface area (Å²) < 4.78 is 12.1. The van der Waals surface area contributed by atoms with Gasteiger partial charge in [-0.15, -0.1) is 0 Å². The van der Waals surface area contributed by atoms with Crippen LogP contribution in [0.15, 0.2) is 48.5 Å². The molecule has 4 heteroatoms. The largest absolute Gasteiger partial charge is 0.490 e. The fraction of sp³-hybridized carbons (Fsp3) is 0.368. The molecule has 2 aromatic rings. The second-order valence-electron chi connectivity index (χ2n) is 6.39. The molecule has 0 saturated carbocycles. The van der Waals surface area contributed by atoms with Crippen LogP contribution in [0, 0.1) is 0 Å². The predicted octanol–water partition coefficient (Wildman–Crippen LogP) is 4.79. The molecule has 2 atom stereocenters. The summed E-state index contributed by atoms with van der Waals surface area (Å²) in [6.07, 6.45) is 4.93. The summed E-state index contributed by atoms with van der Waals surface area (Å²) in [5.74, 6) is 2.28. The van der Waals surface area contributed by atoms with Gasteiger partial charge in [-0.1, -0.05) is 29.8 Å². The summed E-state index contributed by atoms with van der Waals surface area (Å²) in [6, 6.07) is 16.5. The number of benzene rings is 2. The van der Waals surface area contributed by atoms with Gasteiger partial charge in [-0.25, -0.2) is 0 Å². The Kier molecular flexibility index (Phi) is 4.15. The number of ether oxygens (including phenoxy) is 2. The number of halogens is 1. The van der Waals surface area contributed by atoms with Crippen molar-refractivity contribution in [3.8, 4) is 17.2 Å². The zero-order valence-corrected chi connectivity index (χ0v) is 13.6. The number of nitrogens with one attached hydrogen (secondary N) is 1. The molecule has 0 spiro atoms. The highest BCUT2D eigenvalue weighted by atomic mass is 35.5. The van der Waals surface area contributed by atoms with Crippen molar-refractivity contribution in [1.82, 2.24) is 5.32 Å². The molecule has 0 amide bonds. The number of para-hydroxylation sites is 1. The highest BCUT2D eigenvalue weighted by Crippen LogP contribution is 2.33. The molecular formula is C19H20ClNO2. The number of fused-ring (bicyclic) bond motifs is 2. The van der Waals surface area contributed by atoms with Crippen molar-refractivity contribution >= 4 is 11.6 Å². The van der Waals surface area contributed by atoms with E-state index in [1.807, 2.05) is 48.5 Å². The van der Waals surface area contributed by atoms with E-state index in [2.05, 4.69) is 5.32 Å². The van der Waals surface area contributed by atoms with Crippen LogP contribution in [-0.2, 0) is 0 Å². The maximum absolute atomic E-state index is 6.23. The van der Waals surface area contributed by atoms with Crippen molar-refractivity contribution in [2.24, 2.45) is 0 Å². The van der Waals surface area contributed by atoms with E-state index < -0.39 is 0 Å². The van der Waals surface area contributed by atoms with Gasteiger partial charge < -0.3 is 14.8 Å². The zero-order chi connectivity index (χ0) is 15.6. The normalized spacial score (nSPS) is 26.0. The van der Waals surface area contributed by atoms with E-state index in [1.54, 1.807) is 0 Å². The molecule has 0 aromatic heterocycles. The molecule has 23 heavy (non-hydrogen) atoms. The Bertz CT molecular complexity index is 664. The van der Waals surface area contributed by atoms with E-state index in [9.17, 15) is 0 Å². The lowest BCUT2D eigenvalue weighted by atomic mass is 10.0. The third-order valence-corrected chi connectivity index (χ3v) is 4.77. The van der Waals surface area contributed by atoms with Crippen LogP contribution in [0.4, 0.5) is 0 Å². The van der Waals surface area contributed by atoms with Gasteiger partial charge in [0.05, 0.1) is 0 Å². The second-order valence-corrected chi connectivity index (χ2v) is 6.82. The number of rotatable bonds is 4. The molecule has 120 valence electrons. The van der Waals surface area contributed by atoms with Gasteiger partial charge in [-0.05, 0) is 49.9 Å². The number of piperidine rings is 1. The zero-order valence-electron chi connectivity index (χ0n) is 12.9. The molecule has 2 aliphatic rings. The minimum absolute atomic E-state index is 0.261. The topological polar surface area (TPSA) is 30.5 Å². The van der Waals surface area contributed by atoms with Gasteiger partial charge in [0.2, 0.25) is 0 Å². The molecule has 2 heterocycles. The average molecular weight is 330 g/mol. The van der Waals surface area contributed by atoms with Crippen molar-refractivity contribution in [3.63, 3.8) is 0 Å². The minimum Gasteiger partial charge on any atom is -0.490 e. The molecule has 2 fully saturated rings. The van der Waals surface area contributed by atoms with E-state index in [1.165, 1.54) is 12.8 Å². The van der Waals surface area contributed by atoms with Gasteiger partial charge in [0.1, 0.15) is 23.4 Å². The molecule has 0 radical (unpaired) electrons. The standard InChI is InChI=1S/C19H20ClNO2/c20-13-8-17(22-16-4-2-1-3-5-16)12-18(9-13)23-19-10-14-6-7-15(11-19)21-14/h1-5,8-9,12,14-15,19,21H,6-7,10-11H2. The monoisotopic (exact) mass is 329 g/mol. The fourth-order valence-electron chi connectivity index (χ4n) is 3.58. The van der Waals surface area contributed by atoms with Crippen molar-refractivity contribution in [2.75, 3.05) is 0 Å². The van der Waals surface area contributed by atoms with Crippen LogP contribution in [0.2, 0.25) is 5.02 Å². The Labute approximate surface area is 141 Å². The van der Waals surface area contributed by atoms with Crippen molar-refractivity contribution in [1.29, 1.82) is 0 Å². The quantitative estimate of drug-likeness (QED) is 0.874. The van der Waals surface area contributed by atoms with Gasteiger partial charge >= 0.3 is 0 Å². The SMILES string of the molecule is Clc1cc(Oc2ccccc2)cc(OC2CC3CCC(C2)N3)c1. The first kappa shape index (κ1) is 14.9. The Balaban J connectivity index is 1.48. The van der Waals surface area contributed by atoms with Crippen molar-refractivity contribution in [2.45, 2.75) is 43.9 Å². The number of hydrogen-bond acceptors (Lipinski definition) is 3. The molecule has 2 unspecified atom stereocenters. The van der Waals surface area contributed by atoms with Gasteiger partial charge in [-0.3, -0.25) is 0 Å². The average Bonchev–Trinajstić information content (AvgIpc) is 2.86. The maximum Gasteiger partial charge on any atom is 0.132 e. The van der Waals surface area contributed by atoms with Crippen LogP contribution >= 0.6 is 11.6 Å². The predicted molar refractivity (Wildman–Crippen MR) is 91.6 cm³/mol. The first-order chi connectivity index (χ1) is 11.2. The van der Waals surface area contributed by atoms with Crippen LogP contribution in [0.1, 0.15) is 25.7 Å². The maximum atomic E-state index is 6.23. The minimum atomic E-state index is 0.261. The summed E-state index contributed by atoms with van der Waals surface area (Å²) in [4.78, 5) is 0. The highest BCUT2D eigenvalue weighted by Gasteiger charge is 2.34. The summed E-state index contributed by atoms with van der Waals surface area (Å²) >= 11 is 6.23. The summed E-state index contributed by atoms with van der Waals surface area (Å²) in [6.45, 7) is 0. The third-order valence-electron chi connectivity index (χ3n) is 4.56. The lowest BCUT2D eigenvalue weighted by Crippen LogP contribution is -2.42. The van der Waals surface area contributed by atoms with Gasteiger partial charge in [-0.2, -0.15) is 0 Å².